The van der Waals surface area contributed by atoms with E-state index in [0.717, 1.165) is 0 Å². The van der Waals surface area contributed by atoms with E-state index in [0.29, 0.717) is 0 Å². The van der Waals surface area contributed by atoms with Crippen LogP contribution in [0.5, 0.6) is 0 Å². The second kappa shape index (κ2) is 12.2. The van der Waals surface area contributed by atoms with E-state index < -0.39 is 0 Å². The highest BCUT2D eigenvalue weighted by Crippen LogP contribution is 2.45. The lowest BCUT2D eigenvalue weighted by Gasteiger charge is -2.35. The van der Waals surface area contributed by atoms with E-state index in [1.54, 1.807) is 0 Å². The zero-order valence-corrected chi connectivity index (χ0v) is 34.2. The molecule has 0 nitrogen and oxygen atoms in total. The third-order valence-electron chi connectivity index (χ3n) is 12.9. The van der Waals surface area contributed by atoms with Gasteiger partial charge in [0, 0.05) is 39.2 Å². The van der Waals surface area contributed by atoms with Gasteiger partial charge in [-0.3, -0.25) is 0 Å². The Morgan fingerprint density at radius 3 is 1.41 bits per heavy atom. The van der Waals surface area contributed by atoms with Crippen molar-refractivity contribution in [3.05, 3.63) is 170 Å². The third kappa shape index (κ3) is 4.47. The van der Waals surface area contributed by atoms with Gasteiger partial charge in [0.1, 0.15) is 0 Å². The first-order chi connectivity index (χ1) is 28.7. The zero-order valence-electron chi connectivity index (χ0n) is 31.0. The molecule has 10 aromatic rings. The predicted octanol–water partition coefficient (Wildman–Crippen LogP) is 10.9. The van der Waals surface area contributed by atoms with Crippen molar-refractivity contribution >= 4 is 136 Å². The highest BCUT2D eigenvalue weighted by molar-refractivity contribution is 8.02. The van der Waals surface area contributed by atoms with Crippen LogP contribution in [-0.4, -0.2) is 13.4 Å². The topological polar surface area (TPSA) is 0 Å². The summed E-state index contributed by atoms with van der Waals surface area (Å²) < 4.78 is 0. The Labute approximate surface area is 354 Å². The second-order valence-corrected chi connectivity index (χ2v) is 20.1. The van der Waals surface area contributed by atoms with Crippen molar-refractivity contribution in [2.24, 2.45) is 0 Å². The minimum Gasteiger partial charge on any atom is -0.0911 e. The van der Waals surface area contributed by atoms with Gasteiger partial charge >= 0.3 is 0 Å². The lowest BCUT2D eigenvalue weighted by molar-refractivity contribution is 1.34. The minimum atomic E-state index is 0.164. The summed E-state index contributed by atoms with van der Waals surface area (Å²) in [5.74, 6) is 0. The van der Waals surface area contributed by atoms with Crippen LogP contribution in [0.15, 0.2) is 209 Å². The Morgan fingerprint density at radius 2 is 0.741 bits per heavy atom. The summed E-state index contributed by atoms with van der Waals surface area (Å²) in [6, 6.07) is 64.9. The molecule has 14 rings (SSSR count). The van der Waals surface area contributed by atoms with Crippen LogP contribution >= 0.6 is 47.0 Å². The smallest absolute Gasteiger partial charge is 0.0911 e. The number of benzene rings is 10. The molecule has 0 saturated heterocycles. The SMILES string of the molecule is c1cc2c3c(c1)Sc1ccc4ccccc4c1B3c1cc3cccc(-c4cc5c(c6ccccc46)B4c6c(cccc6S5)Sc5ccc6ccccc6c54)c3cc1S2. The van der Waals surface area contributed by atoms with Crippen molar-refractivity contribution in [2.75, 3.05) is 0 Å². The van der Waals surface area contributed by atoms with E-state index in [-0.39, 0.29) is 13.4 Å². The van der Waals surface area contributed by atoms with Crippen LogP contribution in [0.2, 0.25) is 0 Å². The fourth-order valence-electron chi connectivity index (χ4n) is 10.5. The van der Waals surface area contributed by atoms with Crippen LogP contribution in [-0.2, 0) is 0 Å². The lowest BCUT2D eigenvalue weighted by atomic mass is 9.35. The first-order valence-electron chi connectivity index (χ1n) is 19.9. The third-order valence-corrected chi connectivity index (χ3v) is 17.5. The number of rotatable bonds is 1. The van der Waals surface area contributed by atoms with Gasteiger partial charge in [0.15, 0.2) is 0 Å². The van der Waals surface area contributed by atoms with Crippen LogP contribution in [0.4, 0.5) is 0 Å². The molecular formula is C52H28B2S4. The van der Waals surface area contributed by atoms with Crippen molar-refractivity contribution in [1.82, 2.24) is 0 Å². The summed E-state index contributed by atoms with van der Waals surface area (Å²) in [5.41, 5.74) is 11.3. The molecule has 0 saturated carbocycles. The Kier molecular flexibility index (Phi) is 6.85. The Morgan fingerprint density at radius 1 is 0.259 bits per heavy atom. The first-order valence-corrected chi connectivity index (χ1v) is 23.1. The van der Waals surface area contributed by atoms with Gasteiger partial charge in [-0.25, -0.2) is 0 Å². The summed E-state index contributed by atoms with van der Waals surface area (Å²) >= 11 is 7.79. The average molecular weight is 803 g/mol. The minimum absolute atomic E-state index is 0.164. The summed E-state index contributed by atoms with van der Waals surface area (Å²) in [4.78, 5) is 11.0. The van der Waals surface area contributed by atoms with Crippen LogP contribution in [0, 0.1) is 0 Å². The number of fused-ring (bicyclic) bond motifs is 15. The van der Waals surface area contributed by atoms with E-state index in [1.165, 1.54) is 126 Å². The van der Waals surface area contributed by atoms with Crippen molar-refractivity contribution < 1.29 is 0 Å². The summed E-state index contributed by atoms with van der Waals surface area (Å²) in [6.45, 7) is 0.355. The van der Waals surface area contributed by atoms with E-state index in [2.05, 4.69) is 170 Å². The van der Waals surface area contributed by atoms with Crippen molar-refractivity contribution in [3.8, 4) is 11.1 Å². The molecule has 58 heavy (non-hydrogen) atoms. The number of hydrogen-bond acceptors (Lipinski definition) is 4. The van der Waals surface area contributed by atoms with Gasteiger partial charge in [0.2, 0.25) is 13.4 Å². The average Bonchev–Trinajstić information content (AvgIpc) is 3.27. The summed E-state index contributed by atoms with van der Waals surface area (Å²) in [5, 5.41) is 10.6. The molecule has 0 amide bonds. The highest BCUT2D eigenvalue weighted by atomic mass is 32.2. The van der Waals surface area contributed by atoms with Crippen LogP contribution < -0.4 is 32.8 Å². The molecule has 4 aliphatic rings. The number of hydrogen-bond donors (Lipinski definition) is 0. The zero-order chi connectivity index (χ0) is 37.6. The van der Waals surface area contributed by atoms with Crippen LogP contribution in [0.1, 0.15) is 0 Å². The fraction of sp³-hybridized carbons (Fsp3) is 0. The first kappa shape index (κ1) is 32.7. The van der Waals surface area contributed by atoms with Crippen LogP contribution in [0.3, 0.4) is 0 Å². The molecule has 0 bridgehead atoms. The summed E-state index contributed by atoms with van der Waals surface area (Å²) in [6.07, 6.45) is 0. The van der Waals surface area contributed by atoms with E-state index >= 15 is 0 Å². The second-order valence-electron chi connectivity index (χ2n) is 15.8. The quantitative estimate of drug-likeness (QED) is 0.152. The van der Waals surface area contributed by atoms with Gasteiger partial charge in [0.25, 0.3) is 0 Å². The predicted molar refractivity (Wildman–Crippen MR) is 253 cm³/mol. The molecule has 0 atom stereocenters. The molecule has 0 unspecified atom stereocenters. The Balaban J connectivity index is 1.01. The van der Waals surface area contributed by atoms with Gasteiger partial charge < -0.3 is 0 Å². The molecule has 4 aliphatic heterocycles. The van der Waals surface area contributed by atoms with Gasteiger partial charge in [-0.2, -0.15) is 0 Å². The molecule has 0 N–H and O–H groups in total. The molecule has 6 heteroatoms. The molecule has 0 aromatic heterocycles. The fourth-order valence-corrected chi connectivity index (χ4v) is 15.5. The Hall–Kier alpha value is -5.23. The van der Waals surface area contributed by atoms with Crippen molar-refractivity contribution in [1.29, 1.82) is 0 Å². The highest BCUT2D eigenvalue weighted by Gasteiger charge is 2.41. The Bertz CT molecular complexity index is 3500. The molecular weight excluding hydrogens is 774 g/mol. The maximum absolute atomic E-state index is 2.54. The molecule has 0 radical (unpaired) electrons. The van der Waals surface area contributed by atoms with Gasteiger partial charge in [-0.1, -0.05) is 174 Å². The standard InChI is InChI=1S/C52H28B2S4/c1-3-13-32-29(10-1)22-24-44-48(32)53-39-26-31-12-7-17-35(37(31)27-46(39)57-41-19-8-18-40(55-44)51(41)53)38-28-47-50(36-16-6-5-15-34(36)38)54-49-33-14-4-2-11-30(33)23-25-45(49)56-42-20-9-21-43(58-47)52(42)54/h1-28H. The van der Waals surface area contributed by atoms with E-state index in [9.17, 15) is 0 Å². The van der Waals surface area contributed by atoms with Crippen LogP contribution in [0.25, 0.3) is 54.2 Å². The molecule has 266 valence electrons. The van der Waals surface area contributed by atoms with Gasteiger partial charge in [0.05, 0.1) is 0 Å². The largest absolute Gasteiger partial charge is 0.248 e. The molecule has 0 spiro atoms. The normalized spacial score (nSPS) is 14.2. The molecule has 0 fully saturated rings. The van der Waals surface area contributed by atoms with Crippen molar-refractivity contribution in [3.63, 3.8) is 0 Å². The maximum Gasteiger partial charge on any atom is 0.248 e. The monoisotopic (exact) mass is 802 g/mol. The maximum atomic E-state index is 2.54. The van der Waals surface area contributed by atoms with Gasteiger partial charge in [-0.05, 0) is 130 Å². The van der Waals surface area contributed by atoms with E-state index in [4.69, 9.17) is 0 Å². The lowest BCUT2D eigenvalue weighted by Crippen LogP contribution is -2.58. The van der Waals surface area contributed by atoms with Crippen molar-refractivity contribution in [2.45, 2.75) is 39.2 Å². The molecule has 4 heterocycles. The van der Waals surface area contributed by atoms with Gasteiger partial charge in [-0.15, -0.1) is 0 Å². The van der Waals surface area contributed by atoms with E-state index in [1.807, 2.05) is 47.0 Å². The molecule has 0 aliphatic carbocycles. The molecule has 10 aromatic carbocycles. The summed E-state index contributed by atoms with van der Waals surface area (Å²) in [7, 11) is 0.